The quantitative estimate of drug-likeness (QED) is 0.842. The molecule has 2 rings (SSSR count). The van der Waals surface area contributed by atoms with Gasteiger partial charge in [-0.2, -0.15) is 0 Å². The van der Waals surface area contributed by atoms with Crippen LogP contribution in [0, 0.1) is 6.92 Å². The van der Waals surface area contributed by atoms with Crippen molar-refractivity contribution in [1.29, 1.82) is 0 Å². The minimum Gasteiger partial charge on any atom is -0.481 e. The lowest BCUT2D eigenvalue weighted by Gasteiger charge is -2.34. The molecule has 0 aromatic heterocycles. The fourth-order valence-electron chi connectivity index (χ4n) is 2.32. The molecule has 0 radical (unpaired) electrons. The van der Waals surface area contributed by atoms with Crippen molar-refractivity contribution in [2.45, 2.75) is 26.4 Å². The molecule has 4 heteroatoms. The van der Waals surface area contributed by atoms with Gasteiger partial charge >= 0.3 is 0 Å². The van der Waals surface area contributed by atoms with E-state index < -0.39 is 0 Å². The molecule has 1 aromatic carbocycles. The van der Waals surface area contributed by atoms with Crippen LogP contribution in [0.3, 0.4) is 0 Å². The molecule has 1 aliphatic rings. The van der Waals surface area contributed by atoms with Crippen LogP contribution in [0.5, 0.6) is 5.75 Å². The third-order valence-electron chi connectivity index (χ3n) is 3.76. The smallest absolute Gasteiger partial charge is 0.263 e. The normalized spacial score (nSPS) is 17.9. The van der Waals surface area contributed by atoms with E-state index in [1.54, 1.807) is 0 Å². The van der Waals surface area contributed by atoms with Gasteiger partial charge in [0.1, 0.15) is 5.75 Å². The molecule has 0 N–H and O–H groups in total. The molecule has 1 fully saturated rings. The van der Waals surface area contributed by atoms with E-state index in [0.29, 0.717) is 6.42 Å². The standard InChI is InChI=1S/C16H24N2O2/c1-4-15(20-14-7-5-13(2)6-8-14)16(19)18-11-9-17(3)10-12-18/h5-8,15H,4,9-12H2,1-3H3. The number of benzene rings is 1. The van der Waals surface area contributed by atoms with Gasteiger partial charge in [-0.15, -0.1) is 0 Å². The third kappa shape index (κ3) is 3.73. The molecule has 110 valence electrons. The Morgan fingerprint density at radius 3 is 2.35 bits per heavy atom. The molecule has 1 saturated heterocycles. The molecule has 1 unspecified atom stereocenters. The summed E-state index contributed by atoms with van der Waals surface area (Å²) in [6.07, 6.45) is 0.320. The molecule has 1 aliphatic heterocycles. The highest BCUT2D eigenvalue weighted by atomic mass is 16.5. The Balaban J connectivity index is 1.97. The SMILES string of the molecule is CCC(Oc1ccc(C)cc1)C(=O)N1CCN(C)CC1. The zero-order chi connectivity index (χ0) is 14.5. The molecule has 1 heterocycles. The monoisotopic (exact) mass is 276 g/mol. The summed E-state index contributed by atoms with van der Waals surface area (Å²) in [5, 5.41) is 0. The van der Waals surface area contributed by atoms with E-state index in [9.17, 15) is 4.79 Å². The number of nitrogens with zero attached hydrogens (tertiary/aromatic N) is 2. The lowest BCUT2D eigenvalue weighted by Crippen LogP contribution is -2.51. The average Bonchev–Trinajstić information content (AvgIpc) is 2.47. The first-order valence-electron chi connectivity index (χ1n) is 7.31. The Hall–Kier alpha value is -1.55. The fraction of sp³-hybridized carbons (Fsp3) is 0.562. The number of hydrogen-bond donors (Lipinski definition) is 0. The first-order valence-corrected chi connectivity index (χ1v) is 7.31. The number of likely N-dealkylation sites (N-methyl/N-ethyl adjacent to an activating group) is 1. The van der Waals surface area contributed by atoms with E-state index >= 15 is 0 Å². The largest absolute Gasteiger partial charge is 0.481 e. The highest BCUT2D eigenvalue weighted by molar-refractivity contribution is 5.81. The van der Waals surface area contributed by atoms with Crippen LogP contribution in [0.15, 0.2) is 24.3 Å². The van der Waals surface area contributed by atoms with Crippen molar-refractivity contribution in [3.05, 3.63) is 29.8 Å². The number of amides is 1. The molecule has 1 amide bonds. The number of carbonyl (C=O) groups is 1. The second kappa shape index (κ2) is 6.75. The topological polar surface area (TPSA) is 32.8 Å². The lowest BCUT2D eigenvalue weighted by atomic mass is 10.2. The first kappa shape index (κ1) is 14.9. The predicted octanol–water partition coefficient (Wildman–Crippen LogP) is 1.93. The first-order chi connectivity index (χ1) is 9.60. The van der Waals surface area contributed by atoms with Gasteiger partial charge in [-0.25, -0.2) is 0 Å². The van der Waals surface area contributed by atoms with Crippen LogP contribution >= 0.6 is 0 Å². The van der Waals surface area contributed by atoms with Crippen LogP contribution in [-0.2, 0) is 4.79 Å². The van der Waals surface area contributed by atoms with Crippen LogP contribution in [0.25, 0.3) is 0 Å². The number of ether oxygens (including phenoxy) is 1. The fourth-order valence-corrected chi connectivity index (χ4v) is 2.32. The Labute approximate surface area is 121 Å². The maximum atomic E-state index is 12.5. The molecular weight excluding hydrogens is 252 g/mol. The highest BCUT2D eigenvalue weighted by Crippen LogP contribution is 2.16. The lowest BCUT2D eigenvalue weighted by molar-refractivity contribution is -0.140. The number of rotatable bonds is 4. The Morgan fingerprint density at radius 2 is 1.80 bits per heavy atom. The molecule has 0 saturated carbocycles. The average molecular weight is 276 g/mol. The van der Waals surface area contributed by atoms with Gasteiger partial charge in [0.2, 0.25) is 0 Å². The molecule has 4 nitrogen and oxygen atoms in total. The van der Waals surface area contributed by atoms with Crippen molar-refractivity contribution in [3.8, 4) is 5.75 Å². The van der Waals surface area contributed by atoms with Crippen molar-refractivity contribution in [1.82, 2.24) is 9.80 Å². The van der Waals surface area contributed by atoms with Gasteiger partial charge < -0.3 is 14.5 Å². The second-order valence-electron chi connectivity index (χ2n) is 5.46. The molecule has 1 atom stereocenters. The van der Waals surface area contributed by atoms with Gasteiger partial charge in [-0.1, -0.05) is 24.6 Å². The summed E-state index contributed by atoms with van der Waals surface area (Å²) < 4.78 is 5.86. The summed E-state index contributed by atoms with van der Waals surface area (Å²) in [6, 6.07) is 7.86. The maximum Gasteiger partial charge on any atom is 0.263 e. The Kier molecular flexibility index (Phi) is 5.01. The molecule has 0 aliphatic carbocycles. The van der Waals surface area contributed by atoms with Crippen molar-refractivity contribution in [2.24, 2.45) is 0 Å². The minimum absolute atomic E-state index is 0.112. The zero-order valence-corrected chi connectivity index (χ0v) is 12.6. The van der Waals surface area contributed by atoms with Gasteiger partial charge in [-0.3, -0.25) is 4.79 Å². The van der Waals surface area contributed by atoms with Crippen LogP contribution in [0.4, 0.5) is 0 Å². The van der Waals surface area contributed by atoms with Crippen molar-refractivity contribution in [2.75, 3.05) is 33.2 Å². The Morgan fingerprint density at radius 1 is 1.20 bits per heavy atom. The van der Waals surface area contributed by atoms with Crippen molar-refractivity contribution >= 4 is 5.91 Å². The van der Waals surface area contributed by atoms with Gasteiger partial charge in [0.05, 0.1) is 0 Å². The number of hydrogen-bond acceptors (Lipinski definition) is 3. The molecule has 0 spiro atoms. The summed E-state index contributed by atoms with van der Waals surface area (Å²) in [5.41, 5.74) is 1.19. The van der Waals surface area contributed by atoms with Crippen LogP contribution in [0.2, 0.25) is 0 Å². The summed E-state index contributed by atoms with van der Waals surface area (Å²) in [4.78, 5) is 16.7. The third-order valence-corrected chi connectivity index (χ3v) is 3.76. The molecule has 0 bridgehead atoms. The van der Waals surface area contributed by atoms with E-state index in [-0.39, 0.29) is 12.0 Å². The van der Waals surface area contributed by atoms with Gasteiger partial charge in [0.15, 0.2) is 6.10 Å². The maximum absolute atomic E-state index is 12.5. The van der Waals surface area contributed by atoms with E-state index in [0.717, 1.165) is 31.9 Å². The van der Waals surface area contributed by atoms with Crippen molar-refractivity contribution < 1.29 is 9.53 Å². The predicted molar refractivity (Wildman–Crippen MR) is 80.0 cm³/mol. The molecule has 20 heavy (non-hydrogen) atoms. The van der Waals surface area contributed by atoms with E-state index in [2.05, 4.69) is 11.9 Å². The van der Waals surface area contributed by atoms with E-state index in [1.807, 2.05) is 43.0 Å². The Bertz CT molecular complexity index is 436. The van der Waals surface area contributed by atoms with Gasteiger partial charge in [0, 0.05) is 26.2 Å². The van der Waals surface area contributed by atoms with Crippen LogP contribution in [-0.4, -0.2) is 55.0 Å². The summed E-state index contributed by atoms with van der Waals surface area (Å²) in [6.45, 7) is 7.49. The minimum atomic E-state index is -0.374. The summed E-state index contributed by atoms with van der Waals surface area (Å²) in [5.74, 6) is 0.881. The highest BCUT2D eigenvalue weighted by Gasteiger charge is 2.26. The second-order valence-corrected chi connectivity index (χ2v) is 5.46. The number of carbonyl (C=O) groups excluding carboxylic acids is 1. The summed E-state index contributed by atoms with van der Waals surface area (Å²) >= 11 is 0. The van der Waals surface area contributed by atoms with E-state index in [1.165, 1.54) is 5.56 Å². The number of piperazine rings is 1. The van der Waals surface area contributed by atoms with E-state index in [4.69, 9.17) is 4.74 Å². The van der Waals surface area contributed by atoms with Crippen molar-refractivity contribution in [3.63, 3.8) is 0 Å². The molecular formula is C16H24N2O2. The van der Waals surface area contributed by atoms with Crippen LogP contribution < -0.4 is 4.74 Å². The number of aryl methyl sites for hydroxylation is 1. The zero-order valence-electron chi connectivity index (χ0n) is 12.6. The van der Waals surface area contributed by atoms with Gasteiger partial charge in [-0.05, 0) is 32.5 Å². The molecule has 1 aromatic rings. The van der Waals surface area contributed by atoms with Gasteiger partial charge in [0.25, 0.3) is 5.91 Å². The summed E-state index contributed by atoms with van der Waals surface area (Å²) in [7, 11) is 2.09. The van der Waals surface area contributed by atoms with Crippen LogP contribution in [0.1, 0.15) is 18.9 Å².